The number of halogens is 1. The van der Waals surface area contributed by atoms with Gasteiger partial charge in [-0.1, -0.05) is 64.1 Å². The van der Waals surface area contributed by atoms with E-state index in [1.807, 2.05) is 11.8 Å². The Morgan fingerprint density at radius 1 is 1.00 bits per heavy atom. The molecule has 0 saturated carbocycles. The van der Waals surface area contributed by atoms with Crippen LogP contribution in [-0.2, 0) is 11.8 Å². The Morgan fingerprint density at radius 2 is 1.81 bits per heavy atom. The molecular weight excluding hydrogens is 280 g/mol. The van der Waals surface area contributed by atoms with Gasteiger partial charge in [0, 0.05) is 15.1 Å². The van der Waals surface area contributed by atoms with E-state index < -0.39 is 0 Å². The molecule has 0 amide bonds. The number of fused-ring (bicyclic) bond motifs is 2. The zero-order chi connectivity index (χ0) is 11.0. The summed E-state index contributed by atoms with van der Waals surface area (Å²) in [5, 5.41) is 0.936. The Kier molecular flexibility index (Phi) is 2.78. The van der Waals surface area contributed by atoms with Crippen LogP contribution in [0, 0.1) is 0 Å². The largest absolute Gasteiger partial charge is 0.0892 e. The maximum Gasteiger partial charge on any atom is 0.0294 e. The molecule has 0 aromatic heterocycles. The second-order valence-electron chi connectivity index (χ2n) is 3.93. The lowest BCUT2D eigenvalue weighted by Gasteiger charge is -2.20. The van der Waals surface area contributed by atoms with Crippen LogP contribution >= 0.6 is 27.7 Å². The second-order valence-corrected chi connectivity index (χ2v) is 5.54. The Bertz CT molecular complexity index is 534. The van der Waals surface area contributed by atoms with Crippen molar-refractivity contribution in [3.8, 4) is 0 Å². The fourth-order valence-corrected chi connectivity index (χ4v) is 3.91. The molecule has 1 heterocycles. The lowest BCUT2D eigenvalue weighted by Crippen LogP contribution is -2.01. The van der Waals surface area contributed by atoms with Crippen molar-refractivity contribution in [2.24, 2.45) is 0 Å². The van der Waals surface area contributed by atoms with Gasteiger partial charge in [0.25, 0.3) is 0 Å². The number of rotatable bonds is 1. The first kappa shape index (κ1) is 10.4. The molecule has 0 spiro atoms. The SMILES string of the molecule is BrCc1cccc2c1Sc1ccccc1C2. The van der Waals surface area contributed by atoms with Gasteiger partial charge >= 0.3 is 0 Å². The first-order valence-corrected chi connectivity index (χ1v) is 7.25. The summed E-state index contributed by atoms with van der Waals surface area (Å²) in [7, 11) is 0. The quantitative estimate of drug-likeness (QED) is 0.589. The minimum Gasteiger partial charge on any atom is -0.0892 e. The first-order chi connectivity index (χ1) is 7.88. The first-order valence-electron chi connectivity index (χ1n) is 5.31. The molecule has 0 atom stereocenters. The lowest BCUT2D eigenvalue weighted by atomic mass is 10.0. The summed E-state index contributed by atoms with van der Waals surface area (Å²) < 4.78 is 0. The van der Waals surface area contributed by atoms with Crippen LogP contribution in [0.25, 0.3) is 0 Å². The molecule has 1 aliphatic rings. The van der Waals surface area contributed by atoms with E-state index in [2.05, 4.69) is 58.4 Å². The molecule has 1 aliphatic heterocycles. The fourth-order valence-electron chi connectivity index (χ4n) is 2.08. The number of alkyl halides is 1. The summed E-state index contributed by atoms with van der Waals surface area (Å²) in [6.45, 7) is 0. The van der Waals surface area contributed by atoms with E-state index in [1.54, 1.807) is 0 Å². The third-order valence-corrected chi connectivity index (χ3v) is 4.84. The third-order valence-electron chi connectivity index (χ3n) is 2.89. The van der Waals surface area contributed by atoms with Crippen molar-refractivity contribution in [2.75, 3.05) is 0 Å². The highest BCUT2D eigenvalue weighted by Crippen LogP contribution is 2.41. The van der Waals surface area contributed by atoms with E-state index in [0.717, 1.165) is 11.8 Å². The molecule has 0 aliphatic carbocycles. The Balaban J connectivity index is 2.12. The maximum absolute atomic E-state index is 3.56. The van der Waals surface area contributed by atoms with E-state index in [9.17, 15) is 0 Å². The van der Waals surface area contributed by atoms with Crippen LogP contribution in [0.2, 0.25) is 0 Å². The maximum atomic E-state index is 3.56. The smallest absolute Gasteiger partial charge is 0.0294 e. The van der Waals surface area contributed by atoms with Crippen molar-refractivity contribution in [1.82, 2.24) is 0 Å². The van der Waals surface area contributed by atoms with Crippen LogP contribution in [-0.4, -0.2) is 0 Å². The summed E-state index contributed by atoms with van der Waals surface area (Å²) in [4.78, 5) is 2.85. The van der Waals surface area contributed by atoms with Crippen LogP contribution < -0.4 is 0 Å². The van der Waals surface area contributed by atoms with E-state index in [0.29, 0.717) is 0 Å². The zero-order valence-corrected chi connectivity index (χ0v) is 11.1. The van der Waals surface area contributed by atoms with Crippen molar-refractivity contribution in [2.45, 2.75) is 21.5 Å². The topological polar surface area (TPSA) is 0 Å². The molecule has 0 radical (unpaired) electrons. The summed E-state index contributed by atoms with van der Waals surface area (Å²) >= 11 is 5.47. The average molecular weight is 291 g/mol. The van der Waals surface area contributed by atoms with E-state index in [1.165, 1.54) is 26.5 Å². The Hall–Kier alpha value is -0.730. The number of hydrogen-bond acceptors (Lipinski definition) is 1. The van der Waals surface area contributed by atoms with Gasteiger partial charge in [-0.3, -0.25) is 0 Å². The third kappa shape index (κ3) is 1.70. The molecular formula is C14H11BrS. The highest BCUT2D eigenvalue weighted by molar-refractivity contribution is 9.08. The number of hydrogen-bond donors (Lipinski definition) is 0. The standard InChI is InChI=1S/C14H11BrS/c15-9-12-6-3-5-11-8-10-4-1-2-7-13(10)16-14(11)12/h1-7H,8-9H2. The predicted molar refractivity (Wildman–Crippen MR) is 72.4 cm³/mol. The van der Waals surface area contributed by atoms with Gasteiger partial charge in [0.05, 0.1) is 0 Å². The molecule has 2 aromatic rings. The molecule has 2 aromatic carbocycles. The zero-order valence-electron chi connectivity index (χ0n) is 8.74. The summed E-state index contributed by atoms with van der Waals surface area (Å²) in [6.07, 6.45) is 1.07. The van der Waals surface area contributed by atoms with Gasteiger partial charge < -0.3 is 0 Å². The predicted octanol–water partition coefficient (Wildman–Crippen LogP) is 4.64. The van der Waals surface area contributed by atoms with E-state index in [4.69, 9.17) is 0 Å². The molecule has 80 valence electrons. The van der Waals surface area contributed by atoms with Gasteiger partial charge in [0.1, 0.15) is 0 Å². The van der Waals surface area contributed by atoms with Gasteiger partial charge in [0.2, 0.25) is 0 Å². The highest BCUT2D eigenvalue weighted by atomic mass is 79.9. The summed E-state index contributed by atoms with van der Waals surface area (Å²) in [6, 6.07) is 15.3. The molecule has 16 heavy (non-hydrogen) atoms. The minimum atomic E-state index is 0.936. The minimum absolute atomic E-state index is 0.936. The van der Waals surface area contributed by atoms with Crippen molar-refractivity contribution >= 4 is 27.7 Å². The van der Waals surface area contributed by atoms with Gasteiger partial charge in [-0.05, 0) is 29.2 Å². The Labute approximate surface area is 108 Å². The van der Waals surface area contributed by atoms with Gasteiger partial charge in [0.15, 0.2) is 0 Å². The van der Waals surface area contributed by atoms with E-state index >= 15 is 0 Å². The molecule has 0 fully saturated rings. The van der Waals surface area contributed by atoms with Crippen LogP contribution in [0.3, 0.4) is 0 Å². The van der Waals surface area contributed by atoms with Gasteiger partial charge in [-0.25, -0.2) is 0 Å². The van der Waals surface area contributed by atoms with Crippen molar-refractivity contribution in [1.29, 1.82) is 0 Å². The van der Waals surface area contributed by atoms with Gasteiger partial charge in [-0.15, -0.1) is 0 Å². The van der Waals surface area contributed by atoms with Crippen LogP contribution in [0.5, 0.6) is 0 Å². The van der Waals surface area contributed by atoms with Crippen molar-refractivity contribution in [3.05, 3.63) is 59.2 Å². The summed E-state index contributed by atoms with van der Waals surface area (Å²) in [5.74, 6) is 0. The molecule has 0 saturated heterocycles. The molecule has 0 N–H and O–H groups in total. The summed E-state index contributed by atoms with van der Waals surface area (Å²) in [5.41, 5.74) is 4.31. The number of benzene rings is 2. The fraction of sp³-hybridized carbons (Fsp3) is 0.143. The van der Waals surface area contributed by atoms with E-state index in [-0.39, 0.29) is 0 Å². The molecule has 0 bridgehead atoms. The molecule has 2 heteroatoms. The van der Waals surface area contributed by atoms with Crippen molar-refractivity contribution < 1.29 is 0 Å². The van der Waals surface area contributed by atoms with Crippen molar-refractivity contribution in [3.63, 3.8) is 0 Å². The monoisotopic (exact) mass is 290 g/mol. The van der Waals surface area contributed by atoms with Crippen LogP contribution in [0.4, 0.5) is 0 Å². The van der Waals surface area contributed by atoms with Crippen LogP contribution in [0.15, 0.2) is 52.3 Å². The normalized spacial score (nSPS) is 13.1. The highest BCUT2D eigenvalue weighted by Gasteiger charge is 2.17. The lowest BCUT2D eigenvalue weighted by molar-refractivity contribution is 1.03. The molecule has 0 unspecified atom stereocenters. The molecule has 3 rings (SSSR count). The van der Waals surface area contributed by atoms with Gasteiger partial charge in [-0.2, -0.15) is 0 Å². The van der Waals surface area contributed by atoms with Crippen LogP contribution in [0.1, 0.15) is 16.7 Å². The second kappa shape index (κ2) is 4.27. The average Bonchev–Trinajstić information content (AvgIpc) is 2.35. The molecule has 0 nitrogen and oxygen atoms in total. The Morgan fingerprint density at radius 3 is 2.69 bits per heavy atom.